The number of amides is 1. The molecule has 0 bridgehead atoms. The number of carboxylic acid groups (broad SMARTS) is 1. The normalized spacial score (nSPS) is 14.6. The maximum absolute atomic E-state index is 11.3. The van der Waals surface area contributed by atoms with Crippen molar-refractivity contribution in [2.24, 2.45) is 11.8 Å². The molecule has 0 aliphatic carbocycles. The van der Waals surface area contributed by atoms with Crippen molar-refractivity contribution in [1.82, 2.24) is 5.32 Å². The zero-order chi connectivity index (χ0) is 13.6. The summed E-state index contributed by atoms with van der Waals surface area (Å²) in [5.41, 5.74) is -0.590. The van der Waals surface area contributed by atoms with Crippen molar-refractivity contribution in [2.45, 2.75) is 33.3 Å². The van der Waals surface area contributed by atoms with Gasteiger partial charge < -0.3 is 15.2 Å². The maximum Gasteiger partial charge on any atom is 0.407 e. The van der Waals surface area contributed by atoms with Crippen LogP contribution in [0.15, 0.2) is 12.7 Å². The van der Waals surface area contributed by atoms with Crippen molar-refractivity contribution in [1.29, 1.82) is 0 Å². The summed E-state index contributed by atoms with van der Waals surface area (Å²) >= 11 is 0. The second-order valence-electron chi connectivity index (χ2n) is 4.92. The molecule has 0 fully saturated rings. The third-order valence-corrected chi connectivity index (χ3v) is 2.19. The summed E-state index contributed by atoms with van der Waals surface area (Å²) in [5, 5.41) is 11.4. The molecule has 98 valence electrons. The van der Waals surface area contributed by atoms with Gasteiger partial charge in [0, 0.05) is 6.54 Å². The Hall–Kier alpha value is -1.52. The van der Waals surface area contributed by atoms with E-state index < -0.39 is 23.6 Å². The lowest BCUT2D eigenvalue weighted by molar-refractivity contribution is -0.142. The average Bonchev–Trinajstić information content (AvgIpc) is 2.14. The molecular formula is C12H21NO4. The molecule has 5 heteroatoms. The van der Waals surface area contributed by atoms with E-state index in [1.54, 1.807) is 33.8 Å². The van der Waals surface area contributed by atoms with Crippen LogP contribution in [-0.2, 0) is 9.53 Å². The molecule has 17 heavy (non-hydrogen) atoms. The summed E-state index contributed by atoms with van der Waals surface area (Å²) < 4.78 is 5.01. The highest BCUT2D eigenvalue weighted by Gasteiger charge is 2.24. The number of hydrogen-bond acceptors (Lipinski definition) is 3. The van der Waals surface area contributed by atoms with Gasteiger partial charge in [0.15, 0.2) is 0 Å². The van der Waals surface area contributed by atoms with E-state index in [1.807, 2.05) is 0 Å². The molecule has 0 heterocycles. The maximum atomic E-state index is 11.3. The van der Waals surface area contributed by atoms with Crippen molar-refractivity contribution in [3.8, 4) is 0 Å². The predicted molar refractivity (Wildman–Crippen MR) is 64.7 cm³/mol. The number of aliphatic carboxylic acids is 1. The topological polar surface area (TPSA) is 75.6 Å². The van der Waals surface area contributed by atoms with E-state index in [9.17, 15) is 9.59 Å². The summed E-state index contributed by atoms with van der Waals surface area (Å²) in [7, 11) is 0. The number of rotatable bonds is 5. The summed E-state index contributed by atoms with van der Waals surface area (Å²) in [5.74, 6) is -1.88. The van der Waals surface area contributed by atoms with E-state index in [2.05, 4.69) is 11.9 Å². The second-order valence-corrected chi connectivity index (χ2v) is 4.92. The monoisotopic (exact) mass is 243 g/mol. The third-order valence-electron chi connectivity index (χ3n) is 2.19. The summed E-state index contributed by atoms with van der Waals surface area (Å²) in [6.07, 6.45) is 0.940. The number of carbonyl (C=O) groups is 2. The van der Waals surface area contributed by atoms with Crippen molar-refractivity contribution in [3.05, 3.63) is 12.7 Å². The van der Waals surface area contributed by atoms with Gasteiger partial charge in [-0.05, 0) is 26.7 Å². The van der Waals surface area contributed by atoms with Crippen molar-refractivity contribution in [2.75, 3.05) is 6.54 Å². The molecule has 0 aliphatic heterocycles. The number of carboxylic acids is 1. The molecule has 0 aromatic carbocycles. The molecule has 0 spiro atoms. The standard InChI is InChI=1S/C12H21NO4/c1-6-8(2)9(10(14)15)7-13-11(16)17-12(3,4)5/h6,8-9H,1,7H2,2-5H3,(H,13,16)(H,14,15)/t8-,9+/m0/s1. The van der Waals surface area contributed by atoms with E-state index >= 15 is 0 Å². The van der Waals surface area contributed by atoms with Crippen LogP contribution in [0.2, 0.25) is 0 Å². The van der Waals surface area contributed by atoms with E-state index in [4.69, 9.17) is 9.84 Å². The van der Waals surface area contributed by atoms with Crippen LogP contribution >= 0.6 is 0 Å². The van der Waals surface area contributed by atoms with Crippen molar-refractivity contribution in [3.63, 3.8) is 0 Å². The fourth-order valence-corrected chi connectivity index (χ4v) is 1.17. The van der Waals surface area contributed by atoms with E-state index in [0.717, 1.165) is 0 Å². The predicted octanol–water partition coefficient (Wildman–Crippen LogP) is 2.03. The molecule has 0 unspecified atom stereocenters. The quantitative estimate of drug-likeness (QED) is 0.724. The zero-order valence-electron chi connectivity index (χ0n) is 10.8. The van der Waals surface area contributed by atoms with Gasteiger partial charge in [-0.25, -0.2) is 4.79 Å². The molecular weight excluding hydrogens is 222 g/mol. The highest BCUT2D eigenvalue weighted by molar-refractivity contribution is 5.73. The first-order valence-corrected chi connectivity index (χ1v) is 5.49. The van der Waals surface area contributed by atoms with Gasteiger partial charge in [0.2, 0.25) is 0 Å². The number of ether oxygens (including phenoxy) is 1. The minimum Gasteiger partial charge on any atom is -0.481 e. The smallest absolute Gasteiger partial charge is 0.407 e. The zero-order valence-corrected chi connectivity index (χ0v) is 10.8. The van der Waals surface area contributed by atoms with Gasteiger partial charge in [-0.2, -0.15) is 0 Å². The lowest BCUT2D eigenvalue weighted by atomic mass is 9.94. The van der Waals surface area contributed by atoms with E-state index in [-0.39, 0.29) is 12.5 Å². The van der Waals surface area contributed by atoms with Crippen LogP contribution in [0.4, 0.5) is 4.79 Å². The van der Waals surface area contributed by atoms with Crippen molar-refractivity contribution >= 4 is 12.1 Å². The number of carbonyl (C=O) groups excluding carboxylic acids is 1. The molecule has 2 atom stereocenters. The van der Waals surface area contributed by atoms with E-state index in [1.165, 1.54) is 0 Å². The van der Waals surface area contributed by atoms with Crippen LogP contribution < -0.4 is 5.32 Å². The Kier molecular flexibility index (Phi) is 5.71. The number of allylic oxidation sites excluding steroid dienone is 1. The Balaban J connectivity index is 4.28. The average molecular weight is 243 g/mol. The number of hydrogen-bond donors (Lipinski definition) is 2. The SMILES string of the molecule is C=C[C@H](C)[C@@H](CNC(=O)OC(C)(C)C)C(=O)O. The summed E-state index contributed by atoms with van der Waals surface area (Å²) in [6.45, 7) is 10.5. The lowest BCUT2D eigenvalue weighted by Gasteiger charge is -2.22. The van der Waals surface area contributed by atoms with Gasteiger partial charge in [0.25, 0.3) is 0 Å². The van der Waals surface area contributed by atoms with Gasteiger partial charge in [-0.3, -0.25) is 4.79 Å². The molecule has 1 amide bonds. The molecule has 0 aliphatic rings. The Morgan fingerprint density at radius 3 is 2.35 bits per heavy atom. The first-order valence-electron chi connectivity index (χ1n) is 5.49. The molecule has 0 radical (unpaired) electrons. The van der Waals surface area contributed by atoms with Crippen molar-refractivity contribution < 1.29 is 19.4 Å². The van der Waals surface area contributed by atoms with Gasteiger partial charge in [0.05, 0.1) is 5.92 Å². The Labute approximate surface area is 102 Å². The highest BCUT2D eigenvalue weighted by atomic mass is 16.6. The number of alkyl carbamates (subject to hydrolysis) is 1. The minimum atomic E-state index is -0.964. The fraction of sp³-hybridized carbons (Fsp3) is 0.667. The lowest BCUT2D eigenvalue weighted by Crippen LogP contribution is -2.38. The molecule has 0 aromatic heterocycles. The van der Waals surface area contributed by atoms with Crippen LogP contribution in [0, 0.1) is 11.8 Å². The molecule has 0 saturated carbocycles. The second kappa shape index (κ2) is 6.27. The molecule has 5 nitrogen and oxygen atoms in total. The van der Waals surface area contributed by atoms with Gasteiger partial charge in [0.1, 0.15) is 5.60 Å². The van der Waals surface area contributed by atoms with Crippen LogP contribution in [0.3, 0.4) is 0 Å². The van der Waals surface area contributed by atoms with E-state index in [0.29, 0.717) is 0 Å². The fourth-order valence-electron chi connectivity index (χ4n) is 1.17. The minimum absolute atomic E-state index is 0.0252. The van der Waals surface area contributed by atoms with Gasteiger partial charge in [-0.15, -0.1) is 6.58 Å². The molecule has 0 rings (SSSR count). The molecule has 2 N–H and O–H groups in total. The Morgan fingerprint density at radius 2 is 2.00 bits per heavy atom. The number of nitrogens with one attached hydrogen (secondary N) is 1. The third kappa shape index (κ3) is 6.60. The first-order chi connectivity index (χ1) is 7.67. The summed E-state index contributed by atoms with van der Waals surface area (Å²) in [6, 6.07) is 0. The largest absolute Gasteiger partial charge is 0.481 e. The van der Waals surface area contributed by atoms with Crippen LogP contribution in [0.25, 0.3) is 0 Å². The summed E-state index contributed by atoms with van der Waals surface area (Å²) in [4.78, 5) is 22.3. The van der Waals surface area contributed by atoms with Crippen LogP contribution in [-0.4, -0.2) is 29.3 Å². The Bertz CT molecular complexity index is 293. The van der Waals surface area contributed by atoms with Crippen LogP contribution in [0.5, 0.6) is 0 Å². The van der Waals surface area contributed by atoms with Gasteiger partial charge >= 0.3 is 12.1 Å². The first kappa shape index (κ1) is 15.5. The molecule has 0 aromatic rings. The Morgan fingerprint density at radius 1 is 1.47 bits per heavy atom. The van der Waals surface area contributed by atoms with Gasteiger partial charge in [-0.1, -0.05) is 13.0 Å². The molecule has 0 saturated heterocycles. The highest BCUT2D eigenvalue weighted by Crippen LogP contribution is 2.12. The van der Waals surface area contributed by atoms with Crippen LogP contribution in [0.1, 0.15) is 27.7 Å².